The predicted octanol–water partition coefficient (Wildman–Crippen LogP) is 3.39. The van der Waals surface area contributed by atoms with E-state index in [0.717, 1.165) is 17.7 Å². The molecular formula is C20H31N3O2S. The van der Waals surface area contributed by atoms with Gasteiger partial charge in [0.25, 0.3) is 5.91 Å². The number of carbonyl (C=O) groups is 2. The Balaban J connectivity index is 1.62. The van der Waals surface area contributed by atoms with Gasteiger partial charge in [0.05, 0.1) is 4.88 Å². The SMILES string of the molecule is CCNC(=O)N1CCN(C(=O)c2cc3c(s2)CCC(C(C)(C)C)C3)CC1. The molecule has 1 aliphatic heterocycles. The van der Waals surface area contributed by atoms with Crippen LogP contribution in [0.2, 0.25) is 0 Å². The van der Waals surface area contributed by atoms with Crippen LogP contribution in [-0.2, 0) is 12.8 Å². The number of hydrogen-bond acceptors (Lipinski definition) is 3. The van der Waals surface area contributed by atoms with Gasteiger partial charge >= 0.3 is 6.03 Å². The molecule has 2 aliphatic rings. The molecule has 1 N–H and O–H groups in total. The Morgan fingerprint density at radius 3 is 2.46 bits per heavy atom. The van der Waals surface area contributed by atoms with Crippen molar-refractivity contribution in [3.63, 3.8) is 0 Å². The fourth-order valence-corrected chi connectivity index (χ4v) is 5.08. The average molecular weight is 378 g/mol. The van der Waals surface area contributed by atoms with E-state index >= 15 is 0 Å². The Morgan fingerprint density at radius 2 is 1.85 bits per heavy atom. The smallest absolute Gasteiger partial charge is 0.317 e. The normalized spacial score (nSPS) is 20.7. The van der Waals surface area contributed by atoms with Crippen molar-refractivity contribution in [3.05, 3.63) is 21.4 Å². The molecule has 5 nitrogen and oxygen atoms in total. The van der Waals surface area contributed by atoms with Crippen molar-refractivity contribution < 1.29 is 9.59 Å². The van der Waals surface area contributed by atoms with E-state index in [1.807, 2.05) is 11.8 Å². The second kappa shape index (κ2) is 7.59. The lowest BCUT2D eigenvalue weighted by molar-refractivity contribution is 0.0670. The summed E-state index contributed by atoms with van der Waals surface area (Å²) in [4.78, 5) is 30.8. The van der Waals surface area contributed by atoms with E-state index in [2.05, 4.69) is 32.2 Å². The number of amides is 3. The van der Waals surface area contributed by atoms with Gasteiger partial charge < -0.3 is 15.1 Å². The number of fused-ring (bicyclic) bond motifs is 1. The van der Waals surface area contributed by atoms with Gasteiger partial charge in [0.2, 0.25) is 0 Å². The van der Waals surface area contributed by atoms with Crippen molar-refractivity contribution in [2.75, 3.05) is 32.7 Å². The summed E-state index contributed by atoms with van der Waals surface area (Å²) in [6.45, 7) is 11.9. The van der Waals surface area contributed by atoms with E-state index < -0.39 is 0 Å². The highest BCUT2D eigenvalue weighted by atomic mass is 32.1. The van der Waals surface area contributed by atoms with Gasteiger partial charge in [0, 0.05) is 37.6 Å². The maximum Gasteiger partial charge on any atom is 0.317 e. The molecule has 2 heterocycles. The number of rotatable bonds is 2. The molecule has 6 heteroatoms. The van der Waals surface area contributed by atoms with Crippen LogP contribution < -0.4 is 5.32 Å². The first-order chi connectivity index (χ1) is 12.3. The third kappa shape index (κ3) is 4.05. The molecule has 1 fully saturated rings. The van der Waals surface area contributed by atoms with Crippen molar-refractivity contribution >= 4 is 23.3 Å². The fourth-order valence-electron chi connectivity index (χ4n) is 3.90. The minimum absolute atomic E-state index is 0.0283. The number of aryl methyl sites for hydroxylation is 1. The van der Waals surface area contributed by atoms with Crippen LogP contribution in [0, 0.1) is 11.3 Å². The molecule has 0 aromatic carbocycles. The fraction of sp³-hybridized carbons (Fsp3) is 0.700. The van der Waals surface area contributed by atoms with Crippen LogP contribution in [0.5, 0.6) is 0 Å². The molecule has 1 atom stereocenters. The second-order valence-electron chi connectivity index (χ2n) is 8.48. The minimum Gasteiger partial charge on any atom is -0.338 e. The Kier molecular flexibility index (Phi) is 5.61. The summed E-state index contributed by atoms with van der Waals surface area (Å²) < 4.78 is 0. The maximum absolute atomic E-state index is 12.9. The summed E-state index contributed by atoms with van der Waals surface area (Å²) in [5.41, 5.74) is 1.70. The number of piperazine rings is 1. The Bertz CT molecular complexity index is 669. The zero-order valence-corrected chi connectivity index (χ0v) is 17.2. The molecule has 0 saturated carbocycles. The van der Waals surface area contributed by atoms with Gasteiger partial charge in [0.1, 0.15) is 0 Å². The summed E-state index contributed by atoms with van der Waals surface area (Å²) in [7, 11) is 0. The quantitative estimate of drug-likeness (QED) is 0.859. The Hall–Kier alpha value is -1.56. The first-order valence-electron chi connectivity index (χ1n) is 9.73. The van der Waals surface area contributed by atoms with Crippen LogP contribution in [0.25, 0.3) is 0 Å². The van der Waals surface area contributed by atoms with Gasteiger partial charge in [0.15, 0.2) is 0 Å². The van der Waals surface area contributed by atoms with Crippen LogP contribution in [0.4, 0.5) is 4.79 Å². The van der Waals surface area contributed by atoms with E-state index in [1.165, 1.54) is 16.9 Å². The van der Waals surface area contributed by atoms with Gasteiger partial charge in [-0.2, -0.15) is 0 Å². The molecule has 1 aromatic rings. The summed E-state index contributed by atoms with van der Waals surface area (Å²) in [6.07, 6.45) is 3.41. The molecule has 1 unspecified atom stereocenters. The Morgan fingerprint density at radius 1 is 1.19 bits per heavy atom. The van der Waals surface area contributed by atoms with Crippen molar-refractivity contribution in [1.82, 2.24) is 15.1 Å². The third-order valence-corrected chi connectivity index (χ3v) is 6.93. The average Bonchev–Trinajstić information content (AvgIpc) is 3.04. The van der Waals surface area contributed by atoms with Crippen molar-refractivity contribution in [2.45, 2.75) is 47.0 Å². The monoisotopic (exact) mass is 377 g/mol. The van der Waals surface area contributed by atoms with E-state index in [0.29, 0.717) is 44.1 Å². The lowest BCUT2D eigenvalue weighted by atomic mass is 9.72. The van der Waals surface area contributed by atoms with Crippen LogP contribution in [0.3, 0.4) is 0 Å². The highest BCUT2D eigenvalue weighted by Gasteiger charge is 2.31. The number of nitrogens with zero attached hydrogens (tertiary/aromatic N) is 2. The highest BCUT2D eigenvalue weighted by Crippen LogP contribution is 2.40. The third-order valence-electron chi connectivity index (χ3n) is 5.70. The standard InChI is InChI=1S/C20H31N3O2S/c1-5-21-19(25)23-10-8-22(9-11-23)18(24)17-13-14-12-15(20(2,3)4)6-7-16(14)26-17/h13,15H,5-12H2,1-4H3,(H,21,25). The first kappa shape index (κ1) is 19.2. The summed E-state index contributed by atoms with van der Waals surface area (Å²) in [6, 6.07) is 2.11. The summed E-state index contributed by atoms with van der Waals surface area (Å²) in [5.74, 6) is 0.820. The van der Waals surface area contributed by atoms with Crippen molar-refractivity contribution in [3.8, 4) is 0 Å². The molecule has 0 radical (unpaired) electrons. The molecule has 0 bridgehead atoms. The van der Waals surface area contributed by atoms with Gasteiger partial charge in [-0.25, -0.2) is 4.79 Å². The molecular weight excluding hydrogens is 346 g/mol. The minimum atomic E-state index is -0.0283. The number of carbonyl (C=O) groups excluding carboxylic acids is 2. The second-order valence-corrected chi connectivity index (χ2v) is 9.62. The lowest BCUT2D eigenvalue weighted by Gasteiger charge is -2.34. The molecule has 144 valence electrons. The zero-order chi connectivity index (χ0) is 18.9. The summed E-state index contributed by atoms with van der Waals surface area (Å²) in [5, 5.41) is 2.83. The largest absolute Gasteiger partial charge is 0.338 e. The molecule has 3 amide bonds. The van der Waals surface area contributed by atoms with E-state index in [1.54, 1.807) is 16.2 Å². The van der Waals surface area contributed by atoms with E-state index in [4.69, 9.17) is 0 Å². The molecule has 26 heavy (non-hydrogen) atoms. The van der Waals surface area contributed by atoms with Crippen LogP contribution in [-0.4, -0.2) is 54.5 Å². The van der Waals surface area contributed by atoms with Crippen LogP contribution in [0.15, 0.2) is 6.07 Å². The van der Waals surface area contributed by atoms with Gasteiger partial charge in [-0.15, -0.1) is 11.3 Å². The number of nitrogens with one attached hydrogen (secondary N) is 1. The van der Waals surface area contributed by atoms with Crippen LogP contribution >= 0.6 is 11.3 Å². The first-order valence-corrected chi connectivity index (χ1v) is 10.5. The summed E-state index contributed by atoms with van der Waals surface area (Å²) >= 11 is 1.68. The number of hydrogen-bond donors (Lipinski definition) is 1. The van der Waals surface area contributed by atoms with Crippen molar-refractivity contribution in [2.24, 2.45) is 11.3 Å². The topological polar surface area (TPSA) is 52.7 Å². The molecule has 3 rings (SSSR count). The van der Waals surface area contributed by atoms with Gasteiger partial charge in [-0.1, -0.05) is 20.8 Å². The van der Waals surface area contributed by atoms with Crippen LogP contribution in [0.1, 0.15) is 54.2 Å². The van der Waals surface area contributed by atoms with Gasteiger partial charge in [-0.05, 0) is 49.1 Å². The number of urea groups is 1. The highest BCUT2D eigenvalue weighted by molar-refractivity contribution is 7.14. The zero-order valence-electron chi connectivity index (χ0n) is 16.4. The molecule has 1 aromatic heterocycles. The van der Waals surface area contributed by atoms with Gasteiger partial charge in [-0.3, -0.25) is 4.79 Å². The van der Waals surface area contributed by atoms with E-state index in [9.17, 15) is 9.59 Å². The predicted molar refractivity (Wildman–Crippen MR) is 106 cm³/mol. The van der Waals surface area contributed by atoms with E-state index in [-0.39, 0.29) is 11.9 Å². The lowest BCUT2D eigenvalue weighted by Crippen LogP contribution is -2.53. The maximum atomic E-state index is 12.9. The molecule has 0 spiro atoms. The molecule has 1 saturated heterocycles. The van der Waals surface area contributed by atoms with Crippen molar-refractivity contribution in [1.29, 1.82) is 0 Å². The number of thiophene rings is 1. The molecule has 1 aliphatic carbocycles. The Labute approximate surface area is 160 Å².